The molecule has 1 heterocycles. The topological polar surface area (TPSA) is 102 Å². The molecule has 1 aliphatic heterocycles. The van der Waals surface area contributed by atoms with Gasteiger partial charge in [0, 0.05) is 42.9 Å². The number of rotatable bonds is 5. The van der Waals surface area contributed by atoms with Crippen LogP contribution in [0.15, 0.2) is 58.6 Å². The minimum absolute atomic E-state index is 0.0862. The van der Waals surface area contributed by atoms with Crippen molar-refractivity contribution in [3.05, 3.63) is 70.4 Å². The molecule has 0 saturated carbocycles. The number of carbonyl (C=O) groups excluding carboxylic acids is 3. The van der Waals surface area contributed by atoms with Crippen molar-refractivity contribution in [3.8, 4) is 6.07 Å². The Labute approximate surface area is 225 Å². The van der Waals surface area contributed by atoms with Crippen molar-refractivity contribution in [2.75, 3.05) is 31.8 Å². The summed E-state index contributed by atoms with van der Waals surface area (Å²) in [6.45, 7) is -0.494. The molecule has 0 fully saturated rings. The molecule has 2 atom stereocenters. The lowest BCUT2D eigenvalue weighted by Crippen LogP contribution is -2.54. The van der Waals surface area contributed by atoms with E-state index in [2.05, 4.69) is 0 Å². The van der Waals surface area contributed by atoms with Gasteiger partial charge in [-0.3, -0.25) is 18.7 Å². The number of ketones is 1. The van der Waals surface area contributed by atoms with E-state index in [1.807, 2.05) is 6.07 Å². The van der Waals surface area contributed by atoms with Gasteiger partial charge in [-0.25, -0.2) is 4.79 Å². The maximum atomic E-state index is 14.1. The smallest absolute Gasteiger partial charge is 0.347 e. The minimum atomic E-state index is -4.67. The van der Waals surface area contributed by atoms with Gasteiger partial charge in [-0.15, -0.1) is 0 Å². The van der Waals surface area contributed by atoms with Crippen molar-refractivity contribution in [1.29, 1.82) is 5.26 Å². The van der Waals surface area contributed by atoms with Gasteiger partial charge in [0.15, 0.2) is 5.78 Å². The van der Waals surface area contributed by atoms with E-state index in [9.17, 15) is 37.0 Å². The van der Waals surface area contributed by atoms with E-state index in [-0.39, 0.29) is 46.0 Å². The highest BCUT2D eigenvalue weighted by atomic mass is 32.2. The molecule has 4 rings (SSSR count). The zero-order valence-electron chi connectivity index (χ0n) is 21.4. The molecule has 2 aromatic rings. The Morgan fingerprint density at radius 3 is 2.49 bits per heavy atom. The largest absolute Gasteiger partial charge is 0.416 e. The standard InChI is InChI=1S/C27H25F3N4O4S/c1-32(2)23(36)15-33-25(19-11-10-16(14-31)12-22(19)39(3)38)24-20(8-5-9-21(24)35)34(26(33)37)18-7-4-6-17(13-18)27(28,29)30/h4,6-7,10-13,25H,5,8-9,15H2,1-3H3. The lowest BCUT2D eigenvalue weighted by atomic mass is 9.83. The number of anilines is 1. The second-order valence-corrected chi connectivity index (χ2v) is 10.8. The van der Waals surface area contributed by atoms with Gasteiger partial charge in [-0.2, -0.15) is 18.4 Å². The van der Waals surface area contributed by atoms with Crippen molar-refractivity contribution in [3.63, 3.8) is 0 Å². The summed E-state index contributed by atoms with van der Waals surface area (Å²) < 4.78 is 53.4. The first kappa shape index (κ1) is 28.0. The Balaban J connectivity index is 2.02. The number of hydrogen-bond acceptors (Lipinski definition) is 5. The van der Waals surface area contributed by atoms with E-state index in [1.165, 1.54) is 55.6 Å². The van der Waals surface area contributed by atoms with Gasteiger partial charge in [0.1, 0.15) is 6.54 Å². The highest BCUT2D eigenvalue weighted by Gasteiger charge is 2.46. The van der Waals surface area contributed by atoms with Crippen molar-refractivity contribution in [2.24, 2.45) is 0 Å². The minimum Gasteiger partial charge on any atom is -0.347 e. The summed E-state index contributed by atoms with van der Waals surface area (Å²) in [6, 6.07) is 8.68. The highest BCUT2D eigenvalue weighted by Crippen LogP contribution is 2.45. The Morgan fingerprint density at radius 2 is 1.87 bits per heavy atom. The number of likely N-dealkylation sites (N-methyl/N-ethyl adjacent to an activating group) is 1. The Hall–Kier alpha value is -3.98. The molecule has 12 heteroatoms. The quantitative estimate of drug-likeness (QED) is 0.542. The number of Topliss-reactive ketones (excluding diaryl/α,β-unsaturated/α-hetero) is 1. The second kappa shape index (κ2) is 10.6. The lowest BCUT2D eigenvalue weighted by Gasteiger charge is -2.45. The lowest BCUT2D eigenvalue weighted by molar-refractivity contribution is -0.137. The number of carbonyl (C=O) groups is 3. The first-order chi connectivity index (χ1) is 18.3. The maximum absolute atomic E-state index is 14.1. The third-order valence-electron chi connectivity index (χ3n) is 6.70. The summed E-state index contributed by atoms with van der Waals surface area (Å²) in [7, 11) is 1.33. The number of amides is 3. The number of urea groups is 1. The molecule has 2 aromatic carbocycles. The molecular weight excluding hydrogens is 533 g/mol. The van der Waals surface area contributed by atoms with Crippen LogP contribution in [-0.2, 0) is 26.6 Å². The van der Waals surface area contributed by atoms with Crippen LogP contribution in [0.4, 0.5) is 23.7 Å². The van der Waals surface area contributed by atoms with E-state index < -0.39 is 47.1 Å². The number of halogens is 3. The molecule has 3 amide bonds. The van der Waals surface area contributed by atoms with Crippen molar-refractivity contribution < 1.29 is 31.8 Å². The van der Waals surface area contributed by atoms with Crippen LogP contribution in [0, 0.1) is 11.3 Å². The number of allylic oxidation sites excluding steroid dienone is 1. The molecule has 39 heavy (non-hydrogen) atoms. The van der Waals surface area contributed by atoms with Gasteiger partial charge in [0.25, 0.3) is 0 Å². The Bertz CT molecular complexity index is 1460. The average molecular weight is 559 g/mol. The summed E-state index contributed by atoms with van der Waals surface area (Å²) in [5, 5.41) is 9.38. The molecular formula is C27H25F3N4O4S. The first-order valence-electron chi connectivity index (χ1n) is 12.0. The third kappa shape index (κ3) is 5.31. The van der Waals surface area contributed by atoms with E-state index in [0.717, 1.165) is 21.9 Å². The second-order valence-electron chi connectivity index (χ2n) is 9.44. The summed E-state index contributed by atoms with van der Waals surface area (Å²) in [4.78, 5) is 44.1. The monoisotopic (exact) mass is 558 g/mol. The van der Waals surface area contributed by atoms with Gasteiger partial charge in [-0.05, 0) is 48.7 Å². The van der Waals surface area contributed by atoms with Crippen molar-refractivity contribution >= 4 is 34.2 Å². The Kier molecular flexibility index (Phi) is 7.66. The van der Waals surface area contributed by atoms with Crippen LogP contribution >= 0.6 is 0 Å². The number of alkyl halides is 3. The average Bonchev–Trinajstić information content (AvgIpc) is 2.88. The normalized spacial score (nSPS) is 18.5. The fraction of sp³-hybridized carbons (Fsp3) is 0.333. The van der Waals surface area contributed by atoms with Crippen molar-refractivity contribution in [2.45, 2.75) is 36.4 Å². The van der Waals surface area contributed by atoms with E-state index in [1.54, 1.807) is 0 Å². The number of hydrogen-bond donors (Lipinski definition) is 0. The van der Waals surface area contributed by atoms with Gasteiger partial charge < -0.3 is 9.80 Å². The van der Waals surface area contributed by atoms with Gasteiger partial charge >= 0.3 is 12.2 Å². The van der Waals surface area contributed by atoms with E-state index >= 15 is 0 Å². The number of benzene rings is 2. The van der Waals surface area contributed by atoms with Crippen LogP contribution in [0.5, 0.6) is 0 Å². The van der Waals surface area contributed by atoms with Gasteiger partial charge in [-0.1, -0.05) is 12.1 Å². The van der Waals surface area contributed by atoms with Gasteiger partial charge in [0.2, 0.25) is 5.91 Å². The highest BCUT2D eigenvalue weighted by molar-refractivity contribution is 7.84. The third-order valence-corrected chi connectivity index (χ3v) is 7.68. The molecule has 0 saturated heterocycles. The molecule has 204 valence electrons. The van der Waals surface area contributed by atoms with Gasteiger partial charge in [0.05, 0.1) is 39.7 Å². The summed E-state index contributed by atoms with van der Waals surface area (Å²) in [6.07, 6.45) is -2.53. The molecule has 8 nitrogen and oxygen atoms in total. The zero-order chi connectivity index (χ0) is 28.6. The van der Waals surface area contributed by atoms with Crippen LogP contribution in [0.25, 0.3) is 0 Å². The van der Waals surface area contributed by atoms with Crippen LogP contribution in [0.2, 0.25) is 0 Å². The molecule has 0 radical (unpaired) electrons. The fourth-order valence-corrected chi connectivity index (χ4v) is 5.64. The predicted molar refractivity (Wildman–Crippen MR) is 137 cm³/mol. The molecule has 0 bridgehead atoms. The van der Waals surface area contributed by atoms with E-state index in [4.69, 9.17) is 0 Å². The van der Waals surface area contributed by atoms with Crippen LogP contribution < -0.4 is 4.90 Å². The maximum Gasteiger partial charge on any atom is 0.416 e. The summed E-state index contributed by atoms with van der Waals surface area (Å²) in [5.41, 5.74) is -0.131. The molecule has 1 aliphatic carbocycles. The van der Waals surface area contributed by atoms with E-state index in [0.29, 0.717) is 12.0 Å². The zero-order valence-corrected chi connectivity index (χ0v) is 22.2. The fourth-order valence-electron chi connectivity index (χ4n) is 4.84. The summed E-state index contributed by atoms with van der Waals surface area (Å²) in [5.74, 6) is -0.817. The SMILES string of the molecule is CN(C)C(=O)CN1C(=O)N(c2cccc(C(F)(F)F)c2)C2=C(C(=O)CCC2)C1c1ccc(C#N)cc1S(C)=O. The number of nitriles is 1. The summed E-state index contributed by atoms with van der Waals surface area (Å²) >= 11 is 0. The van der Waals surface area contributed by atoms with Crippen molar-refractivity contribution in [1.82, 2.24) is 9.80 Å². The number of nitrogens with zero attached hydrogens (tertiary/aromatic N) is 4. The molecule has 0 aromatic heterocycles. The molecule has 2 unspecified atom stereocenters. The molecule has 2 aliphatic rings. The Morgan fingerprint density at radius 1 is 1.15 bits per heavy atom. The van der Waals surface area contributed by atoms with Crippen LogP contribution in [-0.4, -0.2) is 58.6 Å². The first-order valence-corrected chi connectivity index (χ1v) is 13.5. The van der Waals surface area contributed by atoms with Crippen LogP contribution in [0.3, 0.4) is 0 Å². The predicted octanol–water partition coefficient (Wildman–Crippen LogP) is 4.39. The van der Waals surface area contributed by atoms with Crippen LogP contribution in [0.1, 0.15) is 42.0 Å². The molecule has 0 N–H and O–H groups in total. The molecule has 0 spiro atoms.